The Hall–Kier alpha value is -1.83. The highest BCUT2D eigenvalue weighted by atomic mass is 16.7. The lowest BCUT2D eigenvalue weighted by Gasteiger charge is -2.19. The van der Waals surface area contributed by atoms with Gasteiger partial charge in [-0.25, -0.2) is 14.5 Å². The van der Waals surface area contributed by atoms with Crippen LogP contribution in [-0.2, 0) is 19.1 Å². The van der Waals surface area contributed by atoms with Crippen LogP contribution < -0.4 is 5.48 Å². The van der Waals surface area contributed by atoms with E-state index in [1.807, 2.05) is 0 Å². The van der Waals surface area contributed by atoms with Crippen LogP contribution in [0, 0.1) is 0 Å². The Morgan fingerprint density at radius 2 is 2.00 bits per heavy atom. The Kier molecular flexibility index (Phi) is 7.10. The largest absolute Gasteiger partial charge is 0.447 e. The van der Waals surface area contributed by atoms with Gasteiger partial charge in [-0.1, -0.05) is 6.42 Å². The lowest BCUT2D eigenvalue weighted by atomic mass is 10.2. The summed E-state index contributed by atoms with van der Waals surface area (Å²) in [5, 5.41) is 0. The fourth-order valence-electron chi connectivity index (χ4n) is 1.79. The lowest BCUT2D eigenvalue weighted by Crippen LogP contribution is -2.32. The molecule has 0 aliphatic carbocycles. The summed E-state index contributed by atoms with van der Waals surface area (Å²) >= 11 is 0. The van der Waals surface area contributed by atoms with Crippen molar-refractivity contribution in [3.8, 4) is 0 Å². The molecule has 0 unspecified atom stereocenters. The van der Waals surface area contributed by atoms with Gasteiger partial charge >= 0.3 is 12.2 Å². The van der Waals surface area contributed by atoms with Crippen molar-refractivity contribution in [3.05, 3.63) is 0 Å². The van der Waals surface area contributed by atoms with Crippen LogP contribution in [0.5, 0.6) is 0 Å². The first-order valence-electron chi connectivity index (χ1n) is 7.37. The smallest absolute Gasteiger partial charge is 0.431 e. The van der Waals surface area contributed by atoms with Crippen molar-refractivity contribution in [2.75, 3.05) is 19.8 Å². The van der Waals surface area contributed by atoms with Gasteiger partial charge in [0.15, 0.2) is 0 Å². The summed E-state index contributed by atoms with van der Waals surface area (Å²) in [6.45, 7) is 6.23. The van der Waals surface area contributed by atoms with E-state index in [4.69, 9.17) is 14.3 Å². The molecule has 1 saturated heterocycles. The Morgan fingerprint density at radius 1 is 1.27 bits per heavy atom. The fraction of sp³-hybridized carbons (Fsp3) is 0.786. The highest BCUT2D eigenvalue weighted by molar-refractivity contribution is 5.92. The molecule has 0 spiro atoms. The van der Waals surface area contributed by atoms with Gasteiger partial charge in [-0.2, -0.15) is 5.48 Å². The predicted molar refractivity (Wildman–Crippen MR) is 76.9 cm³/mol. The zero-order valence-electron chi connectivity index (χ0n) is 13.3. The van der Waals surface area contributed by atoms with Gasteiger partial charge in [0.25, 0.3) is 0 Å². The van der Waals surface area contributed by atoms with E-state index in [0.717, 1.165) is 11.3 Å². The highest BCUT2D eigenvalue weighted by Crippen LogP contribution is 2.09. The molecular weight excluding hydrogens is 292 g/mol. The van der Waals surface area contributed by atoms with E-state index in [2.05, 4.69) is 5.48 Å². The van der Waals surface area contributed by atoms with E-state index in [9.17, 15) is 14.4 Å². The molecule has 22 heavy (non-hydrogen) atoms. The third kappa shape index (κ3) is 7.26. The maximum atomic E-state index is 11.7. The SMILES string of the molecule is CC(C)(C)OC(=O)NOCCCCCC(=O)N1CCOC1=O. The number of hydrogen-bond acceptors (Lipinski definition) is 6. The van der Waals surface area contributed by atoms with Gasteiger partial charge in [-0.05, 0) is 33.6 Å². The zero-order valence-corrected chi connectivity index (χ0v) is 13.3. The van der Waals surface area contributed by atoms with Crippen molar-refractivity contribution < 1.29 is 28.7 Å². The number of hydroxylamine groups is 1. The van der Waals surface area contributed by atoms with Gasteiger partial charge in [-0.3, -0.25) is 9.63 Å². The predicted octanol–water partition coefficient (Wildman–Crippen LogP) is 1.98. The number of hydrogen-bond donors (Lipinski definition) is 1. The van der Waals surface area contributed by atoms with Crippen LogP contribution in [0.3, 0.4) is 0 Å². The average molecular weight is 316 g/mol. The number of imide groups is 1. The van der Waals surface area contributed by atoms with Crippen molar-refractivity contribution >= 4 is 18.1 Å². The molecule has 1 aliphatic heterocycles. The van der Waals surface area contributed by atoms with Crippen molar-refractivity contribution in [2.24, 2.45) is 0 Å². The minimum Gasteiger partial charge on any atom is -0.447 e. The van der Waals surface area contributed by atoms with Crippen molar-refractivity contribution in [3.63, 3.8) is 0 Å². The highest BCUT2D eigenvalue weighted by Gasteiger charge is 2.27. The Balaban J connectivity index is 1.98. The number of unbranched alkanes of at least 4 members (excludes halogenated alkanes) is 2. The van der Waals surface area contributed by atoms with Crippen LogP contribution in [0.1, 0.15) is 46.5 Å². The normalized spacial score (nSPS) is 14.7. The van der Waals surface area contributed by atoms with Crippen LogP contribution in [0.4, 0.5) is 9.59 Å². The molecule has 0 saturated carbocycles. The molecule has 0 aromatic rings. The second-order valence-corrected chi connectivity index (χ2v) is 5.92. The van der Waals surface area contributed by atoms with Crippen molar-refractivity contribution in [2.45, 2.75) is 52.1 Å². The summed E-state index contributed by atoms with van der Waals surface area (Å²) in [5.41, 5.74) is 1.63. The number of amides is 3. The third-order valence-electron chi connectivity index (χ3n) is 2.75. The molecule has 0 aromatic heterocycles. The topological polar surface area (TPSA) is 94.2 Å². The Labute approximate surface area is 130 Å². The maximum absolute atomic E-state index is 11.7. The molecule has 1 N–H and O–H groups in total. The maximum Gasteiger partial charge on any atom is 0.431 e. The van der Waals surface area contributed by atoms with Gasteiger partial charge in [-0.15, -0.1) is 0 Å². The number of ether oxygens (including phenoxy) is 2. The van der Waals surface area contributed by atoms with Crippen LogP contribution in [0.2, 0.25) is 0 Å². The third-order valence-corrected chi connectivity index (χ3v) is 2.75. The van der Waals surface area contributed by atoms with E-state index in [1.165, 1.54) is 0 Å². The molecule has 0 bridgehead atoms. The summed E-state index contributed by atoms with van der Waals surface area (Å²) in [6, 6.07) is 0. The van der Waals surface area contributed by atoms with E-state index < -0.39 is 17.8 Å². The second-order valence-electron chi connectivity index (χ2n) is 5.92. The van der Waals surface area contributed by atoms with Gasteiger partial charge < -0.3 is 9.47 Å². The quantitative estimate of drug-likeness (QED) is 0.570. The molecule has 1 heterocycles. The fourth-order valence-corrected chi connectivity index (χ4v) is 1.79. The Morgan fingerprint density at radius 3 is 2.59 bits per heavy atom. The number of rotatable bonds is 7. The molecule has 1 fully saturated rings. The molecule has 1 aliphatic rings. The number of cyclic esters (lactones) is 1. The van der Waals surface area contributed by atoms with Gasteiger partial charge in [0.2, 0.25) is 5.91 Å². The minimum atomic E-state index is -0.629. The molecule has 1 rings (SSSR count). The summed E-state index contributed by atoms with van der Waals surface area (Å²) in [5.74, 6) is -0.213. The molecular formula is C14H24N2O6. The van der Waals surface area contributed by atoms with Crippen LogP contribution in [0.15, 0.2) is 0 Å². The van der Waals surface area contributed by atoms with Crippen molar-refractivity contribution in [1.82, 2.24) is 10.4 Å². The number of nitrogens with one attached hydrogen (secondary N) is 1. The molecule has 8 heteroatoms. The van der Waals surface area contributed by atoms with Crippen LogP contribution in [0.25, 0.3) is 0 Å². The van der Waals surface area contributed by atoms with Crippen LogP contribution >= 0.6 is 0 Å². The summed E-state index contributed by atoms with van der Waals surface area (Å²) in [4.78, 5) is 40.2. The summed E-state index contributed by atoms with van der Waals surface area (Å²) in [7, 11) is 0. The van der Waals surface area contributed by atoms with Crippen molar-refractivity contribution in [1.29, 1.82) is 0 Å². The first-order chi connectivity index (χ1) is 10.3. The standard InChI is InChI=1S/C14H24N2O6/c1-14(2,3)22-12(18)15-21-9-6-4-5-7-11(17)16-8-10-20-13(16)19/h4-10H2,1-3H3,(H,15,18). The molecule has 8 nitrogen and oxygen atoms in total. The van der Waals surface area contributed by atoms with E-state index >= 15 is 0 Å². The molecule has 0 radical (unpaired) electrons. The lowest BCUT2D eigenvalue weighted by molar-refractivity contribution is -0.127. The van der Waals surface area contributed by atoms with E-state index in [1.54, 1.807) is 20.8 Å². The molecule has 0 atom stereocenters. The summed E-state index contributed by atoms with van der Waals surface area (Å²) < 4.78 is 9.69. The number of nitrogens with zero attached hydrogens (tertiary/aromatic N) is 1. The first kappa shape index (κ1) is 18.2. The van der Waals surface area contributed by atoms with Gasteiger partial charge in [0.05, 0.1) is 13.2 Å². The average Bonchev–Trinajstić information content (AvgIpc) is 2.81. The minimum absolute atomic E-state index is 0.213. The van der Waals surface area contributed by atoms with E-state index in [0.29, 0.717) is 32.4 Å². The second kappa shape index (κ2) is 8.57. The monoisotopic (exact) mass is 316 g/mol. The molecule has 126 valence electrons. The molecule has 3 amide bonds. The number of carbonyl (C=O) groups is 3. The molecule has 0 aromatic carbocycles. The first-order valence-corrected chi connectivity index (χ1v) is 7.37. The zero-order chi connectivity index (χ0) is 16.6. The van der Waals surface area contributed by atoms with E-state index in [-0.39, 0.29) is 12.5 Å². The number of carbonyl (C=O) groups excluding carboxylic acids is 3. The van der Waals surface area contributed by atoms with Gasteiger partial charge in [0, 0.05) is 6.42 Å². The Bertz CT molecular complexity index is 405. The summed E-state index contributed by atoms with van der Waals surface area (Å²) in [6.07, 6.45) is 1.20. The van der Waals surface area contributed by atoms with Gasteiger partial charge in [0.1, 0.15) is 12.2 Å². The van der Waals surface area contributed by atoms with Crippen LogP contribution in [-0.4, -0.2) is 48.4 Å².